The topological polar surface area (TPSA) is 98.6 Å². The van der Waals surface area contributed by atoms with Crippen molar-refractivity contribution in [3.8, 4) is 17.2 Å². The molecular formula is C12H12N2O4. The molecule has 1 aromatic carbocycles. The SMILES string of the molecule is COc1ccc(-c2nc(CN)c(C(=O)O)o2)cc1. The van der Waals surface area contributed by atoms with E-state index >= 15 is 0 Å². The number of carbonyl (C=O) groups is 1. The Kier molecular flexibility index (Phi) is 3.29. The average molecular weight is 248 g/mol. The Balaban J connectivity index is 2.40. The van der Waals surface area contributed by atoms with Crippen LogP contribution < -0.4 is 10.5 Å². The van der Waals surface area contributed by atoms with Crippen molar-refractivity contribution < 1.29 is 19.1 Å². The predicted octanol–water partition coefficient (Wildman–Crippen LogP) is 1.51. The number of methoxy groups -OCH3 is 1. The third-order valence-electron chi connectivity index (χ3n) is 2.42. The molecule has 0 aliphatic carbocycles. The van der Waals surface area contributed by atoms with Crippen LogP contribution in [-0.2, 0) is 6.54 Å². The van der Waals surface area contributed by atoms with Crippen LogP contribution >= 0.6 is 0 Å². The third kappa shape index (κ3) is 2.18. The van der Waals surface area contributed by atoms with Gasteiger partial charge in [0.1, 0.15) is 11.4 Å². The lowest BCUT2D eigenvalue weighted by Gasteiger charge is -1.99. The minimum absolute atomic E-state index is 0.0152. The number of aromatic nitrogens is 1. The molecule has 0 fully saturated rings. The van der Waals surface area contributed by atoms with Gasteiger partial charge in [-0.15, -0.1) is 0 Å². The predicted molar refractivity (Wildman–Crippen MR) is 63.3 cm³/mol. The number of rotatable bonds is 4. The molecule has 0 unspecified atom stereocenters. The van der Waals surface area contributed by atoms with Crippen LogP contribution in [0.2, 0.25) is 0 Å². The molecule has 1 heterocycles. The summed E-state index contributed by atoms with van der Waals surface area (Å²) in [5.74, 6) is -0.468. The van der Waals surface area contributed by atoms with Crippen LogP contribution in [-0.4, -0.2) is 23.2 Å². The first kappa shape index (κ1) is 12.1. The number of benzene rings is 1. The van der Waals surface area contributed by atoms with Gasteiger partial charge in [0.15, 0.2) is 0 Å². The molecule has 18 heavy (non-hydrogen) atoms. The van der Waals surface area contributed by atoms with Gasteiger partial charge in [0.2, 0.25) is 11.7 Å². The number of ether oxygens (including phenoxy) is 1. The normalized spacial score (nSPS) is 10.3. The number of nitrogens with two attached hydrogens (primary N) is 1. The number of nitrogens with zero attached hydrogens (tertiary/aromatic N) is 1. The molecule has 1 aromatic heterocycles. The van der Waals surface area contributed by atoms with Crippen molar-refractivity contribution in [2.45, 2.75) is 6.54 Å². The number of carboxylic acids is 1. The summed E-state index contributed by atoms with van der Waals surface area (Å²) in [6.07, 6.45) is 0. The molecule has 0 amide bonds. The van der Waals surface area contributed by atoms with Crippen molar-refractivity contribution in [3.05, 3.63) is 35.7 Å². The zero-order chi connectivity index (χ0) is 13.1. The molecule has 0 radical (unpaired) electrons. The minimum atomic E-state index is -1.18. The summed E-state index contributed by atoms with van der Waals surface area (Å²) in [6.45, 7) is 0.0152. The van der Waals surface area contributed by atoms with E-state index in [9.17, 15) is 4.79 Å². The Bertz CT molecular complexity index is 560. The van der Waals surface area contributed by atoms with E-state index in [1.54, 1.807) is 31.4 Å². The van der Waals surface area contributed by atoms with Gasteiger partial charge in [-0.25, -0.2) is 9.78 Å². The van der Waals surface area contributed by atoms with E-state index in [1.807, 2.05) is 0 Å². The quantitative estimate of drug-likeness (QED) is 0.850. The minimum Gasteiger partial charge on any atom is -0.497 e. The Hall–Kier alpha value is -2.34. The average Bonchev–Trinajstić information content (AvgIpc) is 2.83. The largest absolute Gasteiger partial charge is 0.497 e. The summed E-state index contributed by atoms with van der Waals surface area (Å²) in [6, 6.07) is 6.94. The Labute approximate surface area is 103 Å². The molecule has 0 saturated heterocycles. The second kappa shape index (κ2) is 4.89. The second-order valence-electron chi connectivity index (χ2n) is 3.53. The summed E-state index contributed by atoms with van der Waals surface area (Å²) in [7, 11) is 1.56. The van der Waals surface area contributed by atoms with E-state index in [2.05, 4.69) is 4.98 Å². The Morgan fingerprint density at radius 1 is 1.44 bits per heavy atom. The molecule has 6 heteroatoms. The Morgan fingerprint density at radius 3 is 2.56 bits per heavy atom. The molecule has 6 nitrogen and oxygen atoms in total. The van der Waals surface area contributed by atoms with Crippen molar-refractivity contribution in [1.29, 1.82) is 0 Å². The van der Waals surface area contributed by atoms with Gasteiger partial charge in [0.25, 0.3) is 0 Å². The second-order valence-corrected chi connectivity index (χ2v) is 3.53. The van der Waals surface area contributed by atoms with Crippen LogP contribution in [0.3, 0.4) is 0 Å². The molecule has 0 saturated carbocycles. The molecule has 0 aliphatic heterocycles. The highest BCUT2D eigenvalue weighted by Gasteiger charge is 2.19. The molecule has 2 rings (SSSR count). The number of oxazole rings is 1. The lowest BCUT2D eigenvalue weighted by molar-refractivity contribution is 0.0661. The maximum atomic E-state index is 10.9. The zero-order valence-corrected chi connectivity index (χ0v) is 9.71. The first-order chi connectivity index (χ1) is 8.65. The molecular weight excluding hydrogens is 236 g/mol. The lowest BCUT2D eigenvalue weighted by atomic mass is 10.2. The fourth-order valence-corrected chi connectivity index (χ4v) is 1.51. The monoisotopic (exact) mass is 248 g/mol. The summed E-state index contributed by atoms with van der Waals surface area (Å²) in [5, 5.41) is 8.93. The highest BCUT2D eigenvalue weighted by Crippen LogP contribution is 2.24. The zero-order valence-electron chi connectivity index (χ0n) is 9.71. The first-order valence-electron chi connectivity index (χ1n) is 5.23. The van der Waals surface area contributed by atoms with Crippen LogP contribution in [0.25, 0.3) is 11.5 Å². The molecule has 0 bridgehead atoms. The van der Waals surface area contributed by atoms with E-state index in [0.717, 1.165) is 0 Å². The van der Waals surface area contributed by atoms with E-state index in [0.29, 0.717) is 11.3 Å². The molecule has 0 spiro atoms. The highest BCUT2D eigenvalue weighted by atomic mass is 16.5. The summed E-state index contributed by atoms with van der Waals surface area (Å²) < 4.78 is 10.2. The fourth-order valence-electron chi connectivity index (χ4n) is 1.51. The van der Waals surface area contributed by atoms with Crippen LogP contribution in [0.15, 0.2) is 28.7 Å². The Morgan fingerprint density at radius 2 is 2.11 bits per heavy atom. The van der Waals surface area contributed by atoms with Crippen molar-refractivity contribution in [2.75, 3.05) is 7.11 Å². The summed E-state index contributed by atoms with van der Waals surface area (Å²) >= 11 is 0. The molecule has 0 aliphatic rings. The van der Waals surface area contributed by atoms with Gasteiger partial charge < -0.3 is 20.0 Å². The van der Waals surface area contributed by atoms with E-state index < -0.39 is 5.97 Å². The van der Waals surface area contributed by atoms with Crippen molar-refractivity contribution in [1.82, 2.24) is 4.98 Å². The first-order valence-corrected chi connectivity index (χ1v) is 5.23. The summed E-state index contributed by atoms with van der Waals surface area (Å²) in [5.41, 5.74) is 6.31. The van der Waals surface area contributed by atoms with Gasteiger partial charge in [-0.05, 0) is 24.3 Å². The van der Waals surface area contributed by atoms with Gasteiger partial charge in [-0.2, -0.15) is 0 Å². The van der Waals surface area contributed by atoms with Gasteiger partial charge in [-0.1, -0.05) is 0 Å². The van der Waals surface area contributed by atoms with Gasteiger partial charge >= 0.3 is 5.97 Å². The van der Waals surface area contributed by atoms with Gasteiger partial charge in [0.05, 0.1) is 7.11 Å². The number of carboxylic acid groups (broad SMARTS) is 1. The van der Waals surface area contributed by atoms with Crippen LogP contribution in [0.5, 0.6) is 5.75 Å². The maximum Gasteiger partial charge on any atom is 0.373 e. The molecule has 94 valence electrons. The molecule has 2 aromatic rings. The number of aromatic carboxylic acids is 1. The van der Waals surface area contributed by atoms with Crippen LogP contribution in [0.1, 0.15) is 16.2 Å². The van der Waals surface area contributed by atoms with Crippen molar-refractivity contribution in [3.63, 3.8) is 0 Å². The van der Waals surface area contributed by atoms with E-state index in [4.69, 9.17) is 20.0 Å². The van der Waals surface area contributed by atoms with Crippen molar-refractivity contribution in [2.24, 2.45) is 5.73 Å². The van der Waals surface area contributed by atoms with Gasteiger partial charge in [-0.3, -0.25) is 0 Å². The molecule has 0 atom stereocenters. The maximum absolute atomic E-state index is 10.9. The molecule has 3 N–H and O–H groups in total. The smallest absolute Gasteiger partial charge is 0.373 e. The van der Waals surface area contributed by atoms with E-state index in [1.165, 1.54) is 0 Å². The number of hydrogen-bond acceptors (Lipinski definition) is 5. The van der Waals surface area contributed by atoms with Crippen LogP contribution in [0, 0.1) is 0 Å². The standard InChI is InChI=1S/C12H12N2O4/c1-17-8-4-2-7(3-5-8)11-14-9(6-13)10(18-11)12(15)16/h2-5H,6,13H2,1H3,(H,15,16). The van der Waals surface area contributed by atoms with E-state index in [-0.39, 0.29) is 23.9 Å². The lowest BCUT2D eigenvalue weighted by Crippen LogP contribution is -2.04. The summed E-state index contributed by atoms with van der Waals surface area (Å²) in [4.78, 5) is 15.0. The number of hydrogen-bond donors (Lipinski definition) is 2. The van der Waals surface area contributed by atoms with Gasteiger partial charge in [0, 0.05) is 12.1 Å². The third-order valence-corrected chi connectivity index (χ3v) is 2.42. The fraction of sp³-hybridized carbons (Fsp3) is 0.167. The van der Waals surface area contributed by atoms with Crippen molar-refractivity contribution >= 4 is 5.97 Å². The highest BCUT2D eigenvalue weighted by molar-refractivity contribution is 5.86. The van der Waals surface area contributed by atoms with Crippen LogP contribution in [0.4, 0.5) is 0 Å².